The van der Waals surface area contributed by atoms with Gasteiger partial charge in [0.15, 0.2) is 16.7 Å². The molecule has 0 spiro atoms. The minimum Gasteiger partial charge on any atom is -0.378 e. The first kappa shape index (κ1) is 25.6. The number of aromatic nitrogens is 3. The molecule has 1 fully saturated rings. The maximum absolute atomic E-state index is 11.9. The third-order valence-electron chi connectivity index (χ3n) is 5.15. The molecule has 2 unspecified atom stereocenters. The van der Waals surface area contributed by atoms with Crippen LogP contribution >= 0.6 is 38.4 Å². The van der Waals surface area contributed by atoms with Gasteiger partial charge in [0.05, 0.1) is 30.3 Å². The third kappa shape index (κ3) is 6.37. The lowest BCUT2D eigenvalue weighted by molar-refractivity contribution is 0.0125. The number of halogens is 2. The SMILES string of the molecule is O=P(O)(O)CP(=O)(O)OC[C@@H]1CCC(c2cnc3c(NCc4ccccc4Cl)cc(Cl)nn23)O1. The van der Waals surface area contributed by atoms with Gasteiger partial charge in [-0.05, 0) is 24.5 Å². The van der Waals surface area contributed by atoms with Crippen LogP contribution in [0.1, 0.15) is 30.2 Å². The molecular formula is C19H22Cl2N4O7P2. The molecule has 4 rings (SSSR count). The molecule has 0 radical (unpaired) electrons. The Morgan fingerprint density at radius 2 is 1.97 bits per heavy atom. The number of hydrogen-bond acceptors (Lipinski definition) is 7. The molecule has 0 amide bonds. The van der Waals surface area contributed by atoms with Crippen LogP contribution in [0.25, 0.3) is 5.65 Å². The van der Waals surface area contributed by atoms with E-state index in [-0.39, 0.29) is 11.8 Å². The predicted molar refractivity (Wildman–Crippen MR) is 126 cm³/mol. The average Bonchev–Trinajstić information content (AvgIpc) is 3.36. The number of nitrogens with zero attached hydrogens (tertiary/aromatic N) is 3. The molecule has 11 nitrogen and oxygen atoms in total. The van der Waals surface area contributed by atoms with E-state index in [0.29, 0.717) is 41.4 Å². The fourth-order valence-electron chi connectivity index (χ4n) is 3.66. The Bertz CT molecular complexity index is 1280. The molecule has 0 saturated carbocycles. The van der Waals surface area contributed by atoms with E-state index in [0.717, 1.165) is 5.56 Å². The van der Waals surface area contributed by atoms with Crippen molar-refractivity contribution in [3.05, 3.63) is 58.0 Å². The van der Waals surface area contributed by atoms with Crippen LogP contribution in [0.2, 0.25) is 10.2 Å². The van der Waals surface area contributed by atoms with Gasteiger partial charge in [-0.2, -0.15) is 5.10 Å². The largest absolute Gasteiger partial charge is 0.378 e. The van der Waals surface area contributed by atoms with E-state index >= 15 is 0 Å². The zero-order chi connectivity index (χ0) is 24.5. The standard InChI is InChI=1S/C19H22Cl2N4O7P2/c20-14-4-2-1-3-12(14)8-22-15-7-18(21)24-25-16(9-23-19(15)25)17-6-5-13(32-17)10-31-34(29,30)11-33(26,27)28/h1-4,7,9,13,17,22H,5-6,8,10-11H2,(H,29,30)(H2,26,27,28)/t13-,17?/m0/s1. The maximum atomic E-state index is 11.9. The van der Waals surface area contributed by atoms with Crippen molar-refractivity contribution < 1.29 is 33.1 Å². The highest BCUT2D eigenvalue weighted by Gasteiger charge is 2.35. The number of hydrogen-bond donors (Lipinski definition) is 4. The van der Waals surface area contributed by atoms with Gasteiger partial charge in [-0.3, -0.25) is 9.13 Å². The first-order valence-corrected chi connectivity index (χ1v) is 14.5. The molecule has 4 N–H and O–H groups in total. The fraction of sp³-hybridized carbons (Fsp3) is 0.368. The van der Waals surface area contributed by atoms with Crippen LogP contribution in [0.4, 0.5) is 5.69 Å². The highest BCUT2D eigenvalue weighted by atomic mass is 35.5. The van der Waals surface area contributed by atoms with Crippen molar-refractivity contribution >= 4 is 49.7 Å². The Morgan fingerprint density at radius 3 is 2.71 bits per heavy atom. The second-order valence-electron chi connectivity index (χ2n) is 7.81. The van der Waals surface area contributed by atoms with Gasteiger partial charge in [-0.15, -0.1) is 0 Å². The Kier molecular flexibility index (Phi) is 7.69. The normalized spacial score (nSPS) is 20.5. The Hall–Kier alpha value is -1.52. The molecule has 1 aromatic carbocycles. The molecule has 34 heavy (non-hydrogen) atoms. The van der Waals surface area contributed by atoms with E-state index in [2.05, 4.69) is 15.4 Å². The molecule has 1 aliphatic rings. The molecule has 15 heteroatoms. The molecule has 1 aliphatic heterocycles. The lowest BCUT2D eigenvalue weighted by Gasteiger charge is -2.17. The topological polar surface area (TPSA) is 156 Å². The van der Waals surface area contributed by atoms with Crippen LogP contribution in [0.15, 0.2) is 36.5 Å². The first-order chi connectivity index (χ1) is 16.0. The smallest absolute Gasteiger partial charge is 0.340 e. The molecule has 1 saturated heterocycles. The van der Waals surface area contributed by atoms with Crippen LogP contribution in [0.5, 0.6) is 0 Å². The number of ether oxygens (including phenoxy) is 1. The van der Waals surface area contributed by atoms with Crippen molar-refractivity contribution in [2.24, 2.45) is 0 Å². The van der Waals surface area contributed by atoms with Gasteiger partial charge in [0.2, 0.25) is 0 Å². The summed E-state index contributed by atoms with van der Waals surface area (Å²) in [4.78, 5) is 31.9. The molecule has 0 bridgehead atoms. The summed E-state index contributed by atoms with van der Waals surface area (Å²) < 4.78 is 35.2. The zero-order valence-corrected chi connectivity index (χ0v) is 20.9. The fourth-order valence-corrected chi connectivity index (χ4v) is 6.63. The molecular weight excluding hydrogens is 529 g/mol. The van der Waals surface area contributed by atoms with E-state index in [9.17, 15) is 14.0 Å². The van der Waals surface area contributed by atoms with Crippen molar-refractivity contribution in [2.75, 3.05) is 17.8 Å². The van der Waals surface area contributed by atoms with E-state index in [1.165, 1.54) is 0 Å². The maximum Gasteiger partial charge on any atom is 0.340 e. The number of benzene rings is 1. The van der Waals surface area contributed by atoms with E-state index < -0.39 is 33.3 Å². The van der Waals surface area contributed by atoms with Crippen LogP contribution in [0.3, 0.4) is 0 Å². The summed E-state index contributed by atoms with van der Waals surface area (Å²) in [7, 11) is -9.13. The second kappa shape index (κ2) is 10.2. The van der Waals surface area contributed by atoms with Crippen molar-refractivity contribution in [3.8, 4) is 0 Å². The lowest BCUT2D eigenvalue weighted by Crippen LogP contribution is -2.15. The van der Waals surface area contributed by atoms with Crippen molar-refractivity contribution in [1.82, 2.24) is 14.6 Å². The molecule has 0 aliphatic carbocycles. The van der Waals surface area contributed by atoms with Crippen molar-refractivity contribution in [3.63, 3.8) is 0 Å². The predicted octanol–water partition coefficient (Wildman–Crippen LogP) is 4.21. The summed E-state index contributed by atoms with van der Waals surface area (Å²) >= 11 is 12.5. The number of rotatable bonds is 9. The summed E-state index contributed by atoms with van der Waals surface area (Å²) in [5.74, 6) is -1.24. The summed E-state index contributed by atoms with van der Waals surface area (Å²) in [6, 6.07) is 9.12. The molecule has 2 aromatic heterocycles. The molecule has 184 valence electrons. The van der Waals surface area contributed by atoms with Crippen LogP contribution in [-0.4, -0.2) is 47.9 Å². The molecule has 3 heterocycles. The average molecular weight is 551 g/mol. The van der Waals surface area contributed by atoms with Crippen LogP contribution in [0, 0.1) is 0 Å². The van der Waals surface area contributed by atoms with Crippen molar-refractivity contribution in [1.29, 1.82) is 0 Å². The molecule has 3 atom stereocenters. The van der Waals surface area contributed by atoms with Gasteiger partial charge in [0.1, 0.15) is 6.10 Å². The van der Waals surface area contributed by atoms with Crippen LogP contribution in [-0.2, 0) is 24.9 Å². The monoisotopic (exact) mass is 550 g/mol. The van der Waals surface area contributed by atoms with Gasteiger partial charge in [-0.1, -0.05) is 41.4 Å². The van der Waals surface area contributed by atoms with E-state index in [4.69, 9.17) is 42.2 Å². The van der Waals surface area contributed by atoms with Gasteiger partial charge in [-0.25, -0.2) is 9.50 Å². The number of nitrogens with one attached hydrogen (secondary N) is 1. The highest BCUT2D eigenvalue weighted by molar-refractivity contribution is 7.70. The Labute approximate surface area is 204 Å². The van der Waals surface area contributed by atoms with Crippen molar-refractivity contribution in [2.45, 2.75) is 31.6 Å². The van der Waals surface area contributed by atoms with Gasteiger partial charge in [0.25, 0.3) is 0 Å². The van der Waals surface area contributed by atoms with Crippen LogP contribution < -0.4 is 5.32 Å². The highest BCUT2D eigenvalue weighted by Crippen LogP contribution is 2.55. The second-order valence-corrected chi connectivity index (χ2v) is 12.6. The van der Waals surface area contributed by atoms with E-state index in [1.807, 2.05) is 18.2 Å². The minimum atomic E-state index is -4.69. The third-order valence-corrected chi connectivity index (χ3v) is 9.16. The van der Waals surface area contributed by atoms with Gasteiger partial charge >= 0.3 is 15.2 Å². The Morgan fingerprint density at radius 1 is 1.21 bits per heavy atom. The zero-order valence-electron chi connectivity index (χ0n) is 17.6. The first-order valence-electron chi connectivity index (χ1n) is 10.2. The minimum absolute atomic E-state index is 0.241. The Balaban J connectivity index is 1.45. The summed E-state index contributed by atoms with van der Waals surface area (Å²) in [6.45, 7) is 0.173. The number of anilines is 1. The van der Waals surface area contributed by atoms with E-state index in [1.54, 1.807) is 22.8 Å². The number of imidazole rings is 1. The summed E-state index contributed by atoms with van der Waals surface area (Å²) in [5, 5.41) is 8.49. The van der Waals surface area contributed by atoms with Gasteiger partial charge < -0.3 is 29.3 Å². The van der Waals surface area contributed by atoms with Gasteiger partial charge in [0, 0.05) is 17.6 Å². The quantitative estimate of drug-likeness (QED) is 0.284. The summed E-state index contributed by atoms with van der Waals surface area (Å²) in [5.41, 5.74) is 2.74. The number of fused-ring (bicyclic) bond motifs is 1. The molecule has 3 aromatic rings. The lowest BCUT2D eigenvalue weighted by atomic mass is 10.1. The summed E-state index contributed by atoms with van der Waals surface area (Å²) in [6.07, 6.45) is 1.73.